The zero-order chi connectivity index (χ0) is 8.91. The van der Waals surface area contributed by atoms with E-state index in [0.29, 0.717) is 5.76 Å². The van der Waals surface area contributed by atoms with Crippen LogP contribution in [0.2, 0.25) is 19.6 Å². The van der Waals surface area contributed by atoms with Gasteiger partial charge < -0.3 is 9.16 Å². The molecule has 0 aliphatic carbocycles. The maximum Gasteiger partial charge on any atom is 0.242 e. The molecule has 0 saturated heterocycles. The molecule has 0 rings (SSSR count). The molecule has 0 aliphatic rings. The first-order valence-electron chi connectivity index (χ1n) is 3.54. The van der Waals surface area contributed by atoms with Crippen molar-refractivity contribution in [2.45, 2.75) is 19.6 Å². The van der Waals surface area contributed by atoms with Crippen molar-refractivity contribution in [1.29, 1.82) is 0 Å². The summed E-state index contributed by atoms with van der Waals surface area (Å²) in [6, 6.07) is 0. The first-order valence-corrected chi connectivity index (χ1v) is 6.95. The van der Waals surface area contributed by atoms with E-state index in [1.807, 2.05) is 0 Å². The average molecular weight is 172 g/mol. The number of hydrogen-bond donors (Lipinski definition) is 0. The average Bonchev–Trinajstić information content (AvgIpc) is 1.84. The van der Waals surface area contributed by atoms with Gasteiger partial charge in [0.05, 0.1) is 7.11 Å². The number of methoxy groups -OCH3 is 1. The third kappa shape index (κ3) is 5.73. The second-order valence-electron chi connectivity index (χ2n) is 3.17. The molecule has 0 aromatic carbocycles. The van der Waals surface area contributed by atoms with Crippen LogP contribution in [0.3, 0.4) is 0 Å². The van der Waals surface area contributed by atoms with Gasteiger partial charge >= 0.3 is 0 Å². The van der Waals surface area contributed by atoms with Gasteiger partial charge in [0, 0.05) is 0 Å². The zero-order valence-corrected chi connectivity index (χ0v) is 8.68. The fraction of sp³-hybridized carbons (Fsp3) is 0.500. The van der Waals surface area contributed by atoms with E-state index in [-0.39, 0.29) is 0 Å². The van der Waals surface area contributed by atoms with E-state index in [9.17, 15) is 0 Å². The summed E-state index contributed by atoms with van der Waals surface area (Å²) < 4.78 is 10.4. The molecule has 0 heterocycles. The number of ether oxygens (including phenoxy) is 1. The Morgan fingerprint density at radius 1 is 1.36 bits per heavy atom. The van der Waals surface area contributed by atoms with Gasteiger partial charge in [0.15, 0.2) is 0 Å². The summed E-state index contributed by atoms with van der Waals surface area (Å²) in [4.78, 5) is 0. The fourth-order valence-electron chi connectivity index (χ4n) is 0.584. The Bertz CT molecular complexity index is 156. The lowest BCUT2D eigenvalue weighted by molar-refractivity contribution is 0.308. The third-order valence-corrected chi connectivity index (χ3v) is 1.71. The monoisotopic (exact) mass is 172 g/mol. The number of hydrogen-bond acceptors (Lipinski definition) is 2. The lowest BCUT2D eigenvalue weighted by atomic mass is 10.5. The van der Waals surface area contributed by atoms with E-state index >= 15 is 0 Å². The normalized spacial score (nSPS) is 12.5. The summed E-state index contributed by atoms with van der Waals surface area (Å²) in [6.45, 7) is 9.95. The van der Waals surface area contributed by atoms with Crippen molar-refractivity contribution in [3.8, 4) is 0 Å². The number of rotatable bonds is 4. The zero-order valence-electron chi connectivity index (χ0n) is 7.68. The van der Waals surface area contributed by atoms with Crippen LogP contribution in [0.15, 0.2) is 24.7 Å². The lowest BCUT2D eigenvalue weighted by Crippen LogP contribution is -2.24. The molecule has 0 radical (unpaired) electrons. The Balaban J connectivity index is 4.09. The molecule has 0 aliphatic heterocycles. The number of allylic oxidation sites excluding steroid dienone is 1. The molecule has 2 nitrogen and oxygen atoms in total. The fourth-order valence-corrected chi connectivity index (χ4v) is 1.42. The van der Waals surface area contributed by atoms with Crippen LogP contribution >= 0.6 is 0 Å². The molecule has 0 amide bonds. The molecule has 0 N–H and O–H groups in total. The Morgan fingerprint density at radius 3 is 2.18 bits per heavy atom. The van der Waals surface area contributed by atoms with Crippen LogP contribution in [0.5, 0.6) is 0 Å². The largest absolute Gasteiger partial charge is 0.542 e. The molecule has 0 bridgehead atoms. The highest BCUT2D eigenvalue weighted by Gasteiger charge is 2.16. The minimum atomic E-state index is -1.50. The highest BCUT2D eigenvalue weighted by Crippen LogP contribution is 2.10. The standard InChI is InChI=1S/C8H16O2Si/c1-6-8(7-9-2)10-11(3,4)5/h6-7H,1H2,2-5H3/b8-7-. The summed E-state index contributed by atoms with van der Waals surface area (Å²) in [5.41, 5.74) is 0. The molecular formula is C8H16O2Si. The SMILES string of the molecule is C=C/C(=C/OC)O[Si](C)(C)C. The van der Waals surface area contributed by atoms with Crippen LogP contribution in [0, 0.1) is 0 Å². The van der Waals surface area contributed by atoms with Gasteiger partial charge in [0.25, 0.3) is 0 Å². The van der Waals surface area contributed by atoms with Gasteiger partial charge in [-0.3, -0.25) is 0 Å². The summed E-state index contributed by atoms with van der Waals surface area (Å²) >= 11 is 0. The second kappa shape index (κ2) is 4.23. The van der Waals surface area contributed by atoms with E-state index in [1.165, 1.54) is 0 Å². The van der Waals surface area contributed by atoms with Crippen molar-refractivity contribution < 1.29 is 9.16 Å². The smallest absolute Gasteiger partial charge is 0.242 e. The van der Waals surface area contributed by atoms with Crippen molar-refractivity contribution in [2.24, 2.45) is 0 Å². The molecular weight excluding hydrogens is 156 g/mol. The van der Waals surface area contributed by atoms with Gasteiger partial charge in [-0.15, -0.1) is 0 Å². The molecule has 0 saturated carbocycles. The lowest BCUT2D eigenvalue weighted by Gasteiger charge is -2.19. The Hall–Kier alpha value is -0.703. The molecule has 3 heteroatoms. The van der Waals surface area contributed by atoms with Crippen molar-refractivity contribution in [3.63, 3.8) is 0 Å². The predicted octanol–water partition coefficient (Wildman–Crippen LogP) is 2.51. The Labute approximate surface area is 69.6 Å². The molecule has 0 aromatic rings. The van der Waals surface area contributed by atoms with Gasteiger partial charge in [-0.2, -0.15) is 0 Å². The van der Waals surface area contributed by atoms with Gasteiger partial charge in [-0.1, -0.05) is 6.58 Å². The van der Waals surface area contributed by atoms with E-state index in [0.717, 1.165) is 0 Å². The molecule has 0 fully saturated rings. The van der Waals surface area contributed by atoms with Crippen molar-refractivity contribution in [1.82, 2.24) is 0 Å². The maximum atomic E-state index is 5.58. The van der Waals surface area contributed by atoms with Gasteiger partial charge in [0.2, 0.25) is 8.32 Å². The summed E-state index contributed by atoms with van der Waals surface area (Å²) in [5.74, 6) is 0.715. The molecule has 0 unspecified atom stereocenters. The van der Waals surface area contributed by atoms with Crippen LogP contribution < -0.4 is 0 Å². The quantitative estimate of drug-likeness (QED) is 0.368. The predicted molar refractivity (Wildman–Crippen MR) is 49.7 cm³/mol. The van der Waals surface area contributed by atoms with Crippen LogP contribution in [-0.4, -0.2) is 15.4 Å². The Kier molecular flexibility index (Phi) is 3.96. The second-order valence-corrected chi connectivity index (χ2v) is 7.60. The molecule has 0 aromatic heterocycles. The van der Waals surface area contributed by atoms with E-state index in [1.54, 1.807) is 19.4 Å². The Morgan fingerprint density at radius 2 is 1.91 bits per heavy atom. The molecule has 0 spiro atoms. The van der Waals surface area contributed by atoms with E-state index in [2.05, 4.69) is 26.2 Å². The summed E-state index contributed by atoms with van der Waals surface area (Å²) in [7, 11) is 0.0963. The molecule has 64 valence electrons. The van der Waals surface area contributed by atoms with Gasteiger partial charge in [-0.05, 0) is 25.7 Å². The van der Waals surface area contributed by atoms with Crippen LogP contribution in [0.4, 0.5) is 0 Å². The topological polar surface area (TPSA) is 18.5 Å². The molecule has 11 heavy (non-hydrogen) atoms. The molecule has 0 atom stereocenters. The van der Waals surface area contributed by atoms with Gasteiger partial charge in [-0.25, -0.2) is 0 Å². The summed E-state index contributed by atoms with van der Waals surface area (Å²) in [6.07, 6.45) is 3.22. The maximum absolute atomic E-state index is 5.58. The van der Waals surface area contributed by atoms with Crippen LogP contribution in [-0.2, 0) is 9.16 Å². The minimum Gasteiger partial charge on any atom is -0.542 e. The van der Waals surface area contributed by atoms with Crippen LogP contribution in [0.1, 0.15) is 0 Å². The van der Waals surface area contributed by atoms with Crippen LogP contribution in [0.25, 0.3) is 0 Å². The van der Waals surface area contributed by atoms with E-state index < -0.39 is 8.32 Å². The summed E-state index contributed by atoms with van der Waals surface area (Å²) in [5, 5.41) is 0. The van der Waals surface area contributed by atoms with E-state index in [4.69, 9.17) is 9.16 Å². The van der Waals surface area contributed by atoms with Gasteiger partial charge in [0.1, 0.15) is 12.0 Å². The first-order chi connectivity index (χ1) is 4.99. The highest BCUT2D eigenvalue weighted by atomic mass is 28.4. The minimum absolute atomic E-state index is 0.715. The van der Waals surface area contributed by atoms with Crippen molar-refractivity contribution in [2.75, 3.05) is 7.11 Å². The highest BCUT2D eigenvalue weighted by molar-refractivity contribution is 6.70. The first kappa shape index (κ1) is 10.3. The van der Waals surface area contributed by atoms with Crippen molar-refractivity contribution >= 4 is 8.32 Å². The van der Waals surface area contributed by atoms with Crippen molar-refractivity contribution in [3.05, 3.63) is 24.7 Å². The third-order valence-electron chi connectivity index (χ3n) is 0.859.